The summed E-state index contributed by atoms with van der Waals surface area (Å²) in [4.78, 5) is 15.9. The number of rotatable bonds is 1. The molecule has 0 spiro atoms. The summed E-state index contributed by atoms with van der Waals surface area (Å²) in [5, 5.41) is 0. The van der Waals surface area contributed by atoms with Crippen LogP contribution in [0.1, 0.15) is 39.5 Å². The van der Waals surface area contributed by atoms with Crippen LogP contribution in [0.5, 0.6) is 0 Å². The molecule has 0 aromatic rings. The van der Waals surface area contributed by atoms with Crippen LogP contribution in [-0.2, 0) is 4.79 Å². The summed E-state index contributed by atoms with van der Waals surface area (Å²) in [6.07, 6.45) is 5.06. The third kappa shape index (κ3) is 2.76. The van der Waals surface area contributed by atoms with Gasteiger partial charge in [0.15, 0.2) is 0 Å². The van der Waals surface area contributed by atoms with E-state index in [0.29, 0.717) is 0 Å². The van der Waals surface area contributed by atoms with Crippen LogP contribution in [0.25, 0.3) is 0 Å². The maximum Gasteiger partial charge on any atom is 0.219 e. The van der Waals surface area contributed by atoms with Crippen molar-refractivity contribution in [3.63, 3.8) is 0 Å². The van der Waals surface area contributed by atoms with Gasteiger partial charge in [0.1, 0.15) is 0 Å². The van der Waals surface area contributed by atoms with Crippen molar-refractivity contribution >= 4 is 5.91 Å². The van der Waals surface area contributed by atoms with E-state index in [1.807, 2.05) is 4.90 Å². The summed E-state index contributed by atoms with van der Waals surface area (Å²) in [5.74, 6) is 1.15. The van der Waals surface area contributed by atoms with Crippen LogP contribution < -0.4 is 0 Å². The zero-order valence-corrected chi connectivity index (χ0v) is 10.6. The van der Waals surface area contributed by atoms with Crippen molar-refractivity contribution in [3.05, 3.63) is 0 Å². The Kier molecular flexibility index (Phi) is 3.85. The van der Waals surface area contributed by atoms with Gasteiger partial charge in [-0.05, 0) is 44.7 Å². The maximum atomic E-state index is 11.2. The fourth-order valence-electron chi connectivity index (χ4n) is 2.94. The number of likely N-dealkylation sites (tertiary alicyclic amines) is 2. The summed E-state index contributed by atoms with van der Waals surface area (Å²) in [6, 6.07) is 0.739. The normalized spacial score (nSPS) is 26.0. The molecule has 0 aromatic heterocycles. The number of piperidine rings is 2. The summed E-state index contributed by atoms with van der Waals surface area (Å²) >= 11 is 0. The lowest BCUT2D eigenvalue weighted by Crippen LogP contribution is -2.48. The van der Waals surface area contributed by atoms with Crippen LogP contribution >= 0.6 is 0 Å². The van der Waals surface area contributed by atoms with Gasteiger partial charge in [-0.2, -0.15) is 0 Å². The summed E-state index contributed by atoms with van der Waals surface area (Å²) in [5.41, 5.74) is 0. The Morgan fingerprint density at radius 3 is 2.06 bits per heavy atom. The number of carbonyl (C=O) groups is 1. The third-order valence-corrected chi connectivity index (χ3v) is 4.24. The second kappa shape index (κ2) is 5.17. The molecule has 3 heteroatoms. The van der Waals surface area contributed by atoms with E-state index in [0.717, 1.165) is 25.0 Å². The van der Waals surface area contributed by atoms with Gasteiger partial charge < -0.3 is 9.80 Å². The third-order valence-electron chi connectivity index (χ3n) is 4.24. The van der Waals surface area contributed by atoms with Crippen LogP contribution in [0.15, 0.2) is 0 Å². The van der Waals surface area contributed by atoms with Crippen molar-refractivity contribution in [2.24, 2.45) is 5.92 Å². The summed E-state index contributed by atoms with van der Waals surface area (Å²) in [7, 11) is 0. The molecule has 2 saturated heterocycles. The van der Waals surface area contributed by atoms with Gasteiger partial charge >= 0.3 is 0 Å². The smallest absolute Gasteiger partial charge is 0.219 e. The SMILES string of the molecule is CC(=O)N1CCC(N2CCC(C)CC2)CC1. The zero-order chi connectivity index (χ0) is 11.5. The van der Waals surface area contributed by atoms with Crippen molar-refractivity contribution in [1.82, 2.24) is 9.80 Å². The molecule has 0 N–H and O–H groups in total. The monoisotopic (exact) mass is 224 g/mol. The van der Waals surface area contributed by atoms with Crippen LogP contribution in [0, 0.1) is 5.92 Å². The highest BCUT2D eigenvalue weighted by atomic mass is 16.2. The molecule has 0 bridgehead atoms. The van der Waals surface area contributed by atoms with E-state index < -0.39 is 0 Å². The fraction of sp³-hybridized carbons (Fsp3) is 0.923. The van der Waals surface area contributed by atoms with Gasteiger partial charge in [-0.3, -0.25) is 4.79 Å². The summed E-state index contributed by atoms with van der Waals surface area (Å²) < 4.78 is 0. The Hall–Kier alpha value is -0.570. The first-order chi connectivity index (χ1) is 7.66. The molecule has 2 fully saturated rings. The molecule has 2 heterocycles. The van der Waals surface area contributed by atoms with Crippen molar-refractivity contribution < 1.29 is 4.79 Å². The average Bonchev–Trinajstić information content (AvgIpc) is 2.30. The summed E-state index contributed by atoms with van der Waals surface area (Å²) in [6.45, 7) is 8.51. The van der Waals surface area contributed by atoms with E-state index in [1.54, 1.807) is 6.92 Å². The van der Waals surface area contributed by atoms with Gasteiger partial charge in [0.2, 0.25) is 5.91 Å². The first kappa shape index (κ1) is 11.9. The minimum atomic E-state index is 0.241. The molecule has 0 atom stereocenters. The number of hydrogen-bond donors (Lipinski definition) is 0. The van der Waals surface area contributed by atoms with Gasteiger partial charge in [-0.1, -0.05) is 6.92 Å². The molecule has 16 heavy (non-hydrogen) atoms. The lowest BCUT2D eigenvalue weighted by Gasteiger charge is -2.41. The molecule has 0 aliphatic carbocycles. The Morgan fingerprint density at radius 1 is 1.00 bits per heavy atom. The minimum absolute atomic E-state index is 0.241. The topological polar surface area (TPSA) is 23.6 Å². The number of amides is 1. The lowest BCUT2D eigenvalue weighted by molar-refractivity contribution is -0.130. The molecule has 1 amide bonds. The van der Waals surface area contributed by atoms with E-state index >= 15 is 0 Å². The van der Waals surface area contributed by atoms with E-state index in [2.05, 4.69) is 11.8 Å². The predicted molar refractivity (Wildman–Crippen MR) is 65.2 cm³/mol. The molecule has 2 aliphatic heterocycles. The number of nitrogens with zero attached hydrogens (tertiary/aromatic N) is 2. The van der Waals surface area contributed by atoms with Crippen LogP contribution in [0.3, 0.4) is 0 Å². The molecule has 0 saturated carbocycles. The van der Waals surface area contributed by atoms with Crippen LogP contribution in [-0.4, -0.2) is 47.9 Å². The molecule has 2 rings (SSSR count). The van der Waals surface area contributed by atoms with Crippen LogP contribution in [0.4, 0.5) is 0 Å². The molecule has 3 nitrogen and oxygen atoms in total. The second-order valence-corrected chi connectivity index (χ2v) is 5.46. The molecule has 0 unspecified atom stereocenters. The maximum absolute atomic E-state index is 11.2. The zero-order valence-electron chi connectivity index (χ0n) is 10.6. The Labute approximate surface area is 98.8 Å². The number of hydrogen-bond acceptors (Lipinski definition) is 2. The Bertz CT molecular complexity index is 238. The minimum Gasteiger partial charge on any atom is -0.343 e. The van der Waals surface area contributed by atoms with E-state index in [9.17, 15) is 4.79 Å². The predicted octanol–water partition coefficient (Wildman–Crippen LogP) is 1.73. The standard InChI is InChI=1S/C13H24N2O/c1-11-3-7-15(8-4-11)13-5-9-14(10-6-13)12(2)16/h11,13H,3-10H2,1-2H3. The highest BCUT2D eigenvalue weighted by Crippen LogP contribution is 2.23. The average molecular weight is 224 g/mol. The molecule has 2 aliphatic rings. The van der Waals surface area contributed by atoms with Crippen molar-refractivity contribution in [2.45, 2.75) is 45.6 Å². The molecule has 92 valence electrons. The molecular formula is C13H24N2O. The fourth-order valence-corrected chi connectivity index (χ4v) is 2.94. The van der Waals surface area contributed by atoms with E-state index in [-0.39, 0.29) is 5.91 Å². The Balaban J connectivity index is 1.78. The van der Waals surface area contributed by atoms with Gasteiger partial charge in [-0.15, -0.1) is 0 Å². The Morgan fingerprint density at radius 2 is 1.56 bits per heavy atom. The van der Waals surface area contributed by atoms with Crippen LogP contribution in [0.2, 0.25) is 0 Å². The van der Waals surface area contributed by atoms with Crippen molar-refractivity contribution in [1.29, 1.82) is 0 Å². The van der Waals surface area contributed by atoms with Gasteiger partial charge in [0.25, 0.3) is 0 Å². The first-order valence-electron chi connectivity index (χ1n) is 6.66. The molecule has 0 aromatic carbocycles. The lowest BCUT2D eigenvalue weighted by atomic mass is 9.95. The van der Waals surface area contributed by atoms with Crippen molar-refractivity contribution in [2.75, 3.05) is 26.2 Å². The first-order valence-corrected chi connectivity index (χ1v) is 6.66. The van der Waals surface area contributed by atoms with Crippen molar-refractivity contribution in [3.8, 4) is 0 Å². The second-order valence-electron chi connectivity index (χ2n) is 5.46. The highest BCUT2D eigenvalue weighted by molar-refractivity contribution is 5.73. The quantitative estimate of drug-likeness (QED) is 0.677. The van der Waals surface area contributed by atoms with E-state index in [1.165, 1.54) is 38.8 Å². The van der Waals surface area contributed by atoms with Gasteiger partial charge in [-0.25, -0.2) is 0 Å². The number of carbonyl (C=O) groups excluding carboxylic acids is 1. The van der Waals surface area contributed by atoms with Gasteiger partial charge in [0.05, 0.1) is 0 Å². The van der Waals surface area contributed by atoms with E-state index in [4.69, 9.17) is 0 Å². The molecular weight excluding hydrogens is 200 g/mol. The molecule has 0 radical (unpaired) electrons. The van der Waals surface area contributed by atoms with Gasteiger partial charge in [0, 0.05) is 26.1 Å². The highest BCUT2D eigenvalue weighted by Gasteiger charge is 2.27. The largest absolute Gasteiger partial charge is 0.343 e.